The summed E-state index contributed by atoms with van der Waals surface area (Å²) in [7, 11) is -3.43. The molecular weight excluding hydrogens is 422 g/mol. The summed E-state index contributed by atoms with van der Waals surface area (Å²) in [5.74, 6) is 0.0284. The Hall–Kier alpha value is -2.64. The van der Waals surface area contributed by atoms with Crippen molar-refractivity contribution in [1.29, 1.82) is 0 Å². The number of rotatable bonds is 9. The van der Waals surface area contributed by atoms with Gasteiger partial charge in [-0.2, -0.15) is 4.31 Å². The standard InChI is InChI=1S/C25H31N3O3S/c1-20(9-10-21-7-3-2-4-8-21)26-25(29)14-18-27-17-13-22-19-23(11-12-24(22)27)32(30,31)28-15-5-6-16-28/h2-4,7-8,11-13,17,19-20H,5-6,9-10,14-16,18H2,1H3,(H,26,29). The molecule has 4 rings (SSSR count). The lowest BCUT2D eigenvalue weighted by molar-refractivity contribution is -0.121. The second kappa shape index (κ2) is 9.88. The predicted molar refractivity (Wildman–Crippen MR) is 127 cm³/mol. The monoisotopic (exact) mass is 453 g/mol. The highest BCUT2D eigenvalue weighted by Gasteiger charge is 2.27. The summed E-state index contributed by atoms with van der Waals surface area (Å²) in [6.07, 6.45) is 5.98. The molecule has 3 aromatic rings. The topological polar surface area (TPSA) is 71.4 Å². The number of hydrogen-bond acceptors (Lipinski definition) is 3. The lowest BCUT2D eigenvalue weighted by Gasteiger charge is -2.16. The van der Waals surface area contributed by atoms with Crippen LogP contribution < -0.4 is 5.32 Å². The summed E-state index contributed by atoms with van der Waals surface area (Å²) < 4.78 is 29.2. The Kier molecular flexibility index (Phi) is 6.96. The fourth-order valence-corrected chi connectivity index (χ4v) is 5.83. The number of amides is 1. The Balaban J connectivity index is 1.32. The van der Waals surface area contributed by atoms with Gasteiger partial charge in [0.15, 0.2) is 0 Å². The van der Waals surface area contributed by atoms with Crippen molar-refractivity contribution in [2.24, 2.45) is 0 Å². The average molecular weight is 454 g/mol. The number of sulfonamides is 1. The second-order valence-electron chi connectivity index (χ2n) is 8.58. The maximum Gasteiger partial charge on any atom is 0.243 e. The van der Waals surface area contributed by atoms with Crippen LogP contribution in [0.4, 0.5) is 0 Å². The van der Waals surface area contributed by atoms with E-state index in [1.807, 2.05) is 48.0 Å². The van der Waals surface area contributed by atoms with Gasteiger partial charge in [-0.1, -0.05) is 30.3 Å². The molecule has 170 valence electrons. The molecule has 2 heterocycles. The van der Waals surface area contributed by atoms with E-state index in [9.17, 15) is 13.2 Å². The Morgan fingerprint density at radius 1 is 1.06 bits per heavy atom. The number of aryl methyl sites for hydroxylation is 2. The highest BCUT2D eigenvalue weighted by Crippen LogP contribution is 2.25. The molecule has 7 heteroatoms. The number of hydrogen-bond donors (Lipinski definition) is 1. The summed E-state index contributed by atoms with van der Waals surface area (Å²) in [5.41, 5.74) is 2.22. The fourth-order valence-electron chi connectivity index (χ4n) is 4.28. The van der Waals surface area contributed by atoms with Crippen molar-refractivity contribution < 1.29 is 13.2 Å². The molecule has 1 fully saturated rings. The first-order valence-electron chi connectivity index (χ1n) is 11.4. The largest absolute Gasteiger partial charge is 0.354 e. The van der Waals surface area contributed by atoms with E-state index in [-0.39, 0.29) is 11.9 Å². The smallest absolute Gasteiger partial charge is 0.243 e. The summed E-state index contributed by atoms with van der Waals surface area (Å²) in [6, 6.07) is 17.6. The summed E-state index contributed by atoms with van der Waals surface area (Å²) in [4.78, 5) is 12.8. The molecule has 1 unspecified atom stereocenters. The zero-order valence-corrected chi connectivity index (χ0v) is 19.4. The zero-order valence-electron chi connectivity index (χ0n) is 18.5. The first-order valence-corrected chi connectivity index (χ1v) is 12.8. The van der Waals surface area contributed by atoms with Gasteiger partial charge in [-0.15, -0.1) is 0 Å². The van der Waals surface area contributed by atoms with Crippen LogP contribution in [0.5, 0.6) is 0 Å². The molecule has 0 aliphatic carbocycles. The van der Waals surface area contributed by atoms with Gasteiger partial charge in [-0.25, -0.2) is 8.42 Å². The third kappa shape index (κ3) is 5.22. The maximum absolute atomic E-state index is 12.8. The molecular formula is C25H31N3O3S. The number of fused-ring (bicyclic) bond motifs is 1. The minimum atomic E-state index is -3.43. The molecule has 1 saturated heterocycles. The van der Waals surface area contributed by atoms with Crippen LogP contribution in [0.3, 0.4) is 0 Å². The quantitative estimate of drug-likeness (QED) is 0.533. The van der Waals surface area contributed by atoms with E-state index < -0.39 is 10.0 Å². The van der Waals surface area contributed by atoms with Gasteiger partial charge in [0.05, 0.1) is 4.90 Å². The van der Waals surface area contributed by atoms with Crippen molar-refractivity contribution in [1.82, 2.24) is 14.2 Å². The Morgan fingerprint density at radius 2 is 1.81 bits per heavy atom. The van der Waals surface area contributed by atoms with Crippen molar-refractivity contribution in [3.63, 3.8) is 0 Å². The number of nitrogens with zero attached hydrogens (tertiary/aromatic N) is 2. The van der Waals surface area contributed by atoms with Crippen LogP contribution in [0, 0.1) is 0 Å². The van der Waals surface area contributed by atoms with Crippen molar-refractivity contribution in [2.75, 3.05) is 13.1 Å². The van der Waals surface area contributed by atoms with Gasteiger partial charge in [0.1, 0.15) is 0 Å². The van der Waals surface area contributed by atoms with Crippen LogP contribution >= 0.6 is 0 Å². The van der Waals surface area contributed by atoms with Crippen molar-refractivity contribution >= 4 is 26.8 Å². The van der Waals surface area contributed by atoms with E-state index >= 15 is 0 Å². The minimum Gasteiger partial charge on any atom is -0.354 e. The Labute approximate surface area is 190 Å². The molecule has 6 nitrogen and oxygen atoms in total. The summed E-state index contributed by atoms with van der Waals surface area (Å²) in [5, 5.41) is 3.96. The highest BCUT2D eigenvalue weighted by molar-refractivity contribution is 7.89. The summed E-state index contributed by atoms with van der Waals surface area (Å²) in [6.45, 7) is 3.79. The minimum absolute atomic E-state index is 0.0284. The first-order chi connectivity index (χ1) is 15.4. The SMILES string of the molecule is CC(CCc1ccccc1)NC(=O)CCn1ccc2cc(S(=O)(=O)N3CCCC3)ccc21. The summed E-state index contributed by atoms with van der Waals surface area (Å²) >= 11 is 0. The molecule has 1 amide bonds. The van der Waals surface area contributed by atoms with Crippen molar-refractivity contribution in [3.05, 3.63) is 66.4 Å². The van der Waals surface area contributed by atoms with Crippen molar-refractivity contribution in [3.8, 4) is 0 Å². The van der Waals surface area contributed by atoms with Crippen LogP contribution in [-0.2, 0) is 27.8 Å². The van der Waals surface area contributed by atoms with E-state index in [1.165, 1.54) is 5.56 Å². The molecule has 1 aromatic heterocycles. The van der Waals surface area contributed by atoms with Gasteiger partial charge in [0.25, 0.3) is 0 Å². The zero-order chi connectivity index (χ0) is 22.6. The van der Waals surface area contributed by atoms with E-state index in [4.69, 9.17) is 0 Å². The second-order valence-corrected chi connectivity index (χ2v) is 10.5. The third-order valence-electron chi connectivity index (χ3n) is 6.14. The van der Waals surface area contributed by atoms with Crippen LogP contribution in [0.1, 0.15) is 38.2 Å². The number of carbonyl (C=O) groups is 1. The van der Waals surface area contributed by atoms with Crippen LogP contribution in [0.25, 0.3) is 10.9 Å². The molecule has 1 N–H and O–H groups in total. The molecule has 1 aliphatic rings. The lowest BCUT2D eigenvalue weighted by atomic mass is 10.1. The van der Waals surface area contributed by atoms with E-state index in [2.05, 4.69) is 17.4 Å². The van der Waals surface area contributed by atoms with Crippen molar-refractivity contribution in [2.45, 2.75) is 56.5 Å². The molecule has 0 radical (unpaired) electrons. The number of nitrogens with one attached hydrogen (secondary N) is 1. The number of carbonyl (C=O) groups excluding carboxylic acids is 1. The van der Waals surface area contributed by atoms with E-state index in [0.717, 1.165) is 36.6 Å². The van der Waals surface area contributed by atoms with Crippen LogP contribution in [0.15, 0.2) is 65.7 Å². The maximum atomic E-state index is 12.8. The Bertz CT molecular complexity index is 1170. The normalized spacial score (nSPS) is 15.8. The van der Waals surface area contributed by atoms with Gasteiger partial charge in [-0.05, 0) is 62.4 Å². The molecule has 1 atom stereocenters. The van der Waals surface area contributed by atoms with Gasteiger partial charge in [-0.3, -0.25) is 4.79 Å². The van der Waals surface area contributed by atoms with Gasteiger partial charge < -0.3 is 9.88 Å². The molecule has 0 bridgehead atoms. The molecule has 0 spiro atoms. The lowest BCUT2D eigenvalue weighted by Crippen LogP contribution is -2.33. The molecule has 1 aliphatic heterocycles. The number of benzene rings is 2. The van der Waals surface area contributed by atoms with Gasteiger partial charge >= 0.3 is 0 Å². The van der Waals surface area contributed by atoms with Gasteiger partial charge in [0, 0.05) is 49.2 Å². The molecule has 0 saturated carbocycles. The fraction of sp³-hybridized carbons (Fsp3) is 0.400. The molecule has 32 heavy (non-hydrogen) atoms. The third-order valence-corrected chi connectivity index (χ3v) is 8.04. The van der Waals surface area contributed by atoms with Crippen LogP contribution in [-0.4, -0.2) is 42.3 Å². The average Bonchev–Trinajstić information content (AvgIpc) is 3.47. The van der Waals surface area contributed by atoms with E-state index in [0.29, 0.717) is 31.0 Å². The van der Waals surface area contributed by atoms with Crippen LogP contribution in [0.2, 0.25) is 0 Å². The first kappa shape index (κ1) is 22.6. The highest BCUT2D eigenvalue weighted by atomic mass is 32.2. The van der Waals surface area contributed by atoms with Gasteiger partial charge in [0.2, 0.25) is 15.9 Å². The predicted octanol–water partition coefficient (Wildman–Crippen LogP) is 3.95. The van der Waals surface area contributed by atoms with E-state index in [1.54, 1.807) is 16.4 Å². The molecule has 2 aromatic carbocycles. The Morgan fingerprint density at radius 3 is 2.56 bits per heavy atom. The number of aromatic nitrogens is 1.